The number of aryl methyl sites for hydroxylation is 1. The number of aromatic nitrogens is 3. The zero-order valence-electron chi connectivity index (χ0n) is 16.2. The van der Waals surface area contributed by atoms with Crippen LogP contribution in [0.3, 0.4) is 0 Å². The van der Waals surface area contributed by atoms with Gasteiger partial charge in [0.25, 0.3) is 0 Å². The number of rotatable bonds is 10. The molecule has 0 atom stereocenters. The molecule has 0 radical (unpaired) electrons. The molecular formula is C18H32N4O4. The van der Waals surface area contributed by atoms with Gasteiger partial charge in [-0.1, -0.05) is 50.7 Å². The molecule has 1 aromatic heterocycles. The van der Waals surface area contributed by atoms with Crippen LogP contribution in [-0.4, -0.2) is 45.2 Å². The van der Waals surface area contributed by atoms with Crippen molar-refractivity contribution in [1.29, 1.82) is 0 Å². The molecule has 1 aromatic rings. The normalized spacial score (nSPS) is 18.6. The predicted molar refractivity (Wildman–Crippen MR) is 96.8 cm³/mol. The molecule has 148 valence electrons. The summed E-state index contributed by atoms with van der Waals surface area (Å²) < 4.78 is 13.1. The number of hydrogen-bond donors (Lipinski definition) is 2. The van der Waals surface area contributed by atoms with Crippen LogP contribution in [0.2, 0.25) is 0 Å². The number of hydrogen-bond acceptors (Lipinski definition) is 5. The standard InChI is InChI=1S/C18H32N4O4/c1-4-5-6-7-8-9-10-11-22-12-15(20-21-22)18(19-16(23)24)13-25-17(2,3)26-14-18/h12,19H,4-11,13-14H2,1-3H3,(H,23,24). The molecule has 1 amide bonds. The minimum atomic E-state index is -1.14. The summed E-state index contributed by atoms with van der Waals surface area (Å²) in [6, 6.07) is 0. The van der Waals surface area contributed by atoms with Gasteiger partial charge in [0.2, 0.25) is 0 Å². The molecule has 1 fully saturated rings. The van der Waals surface area contributed by atoms with Crippen LogP contribution in [0.5, 0.6) is 0 Å². The van der Waals surface area contributed by atoms with E-state index < -0.39 is 17.4 Å². The van der Waals surface area contributed by atoms with Crippen molar-refractivity contribution in [3.05, 3.63) is 11.9 Å². The summed E-state index contributed by atoms with van der Waals surface area (Å²) in [6.07, 6.45) is 9.26. The highest BCUT2D eigenvalue weighted by molar-refractivity contribution is 5.66. The molecule has 8 nitrogen and oxygen atoms in total. The summed E-state index contributed by atoms with van der Waals surface area (Å²) in [5.41, 5.74) is -0.502. The first kappa shape index (κ1) is 20.6. The molecule has 0 aromatic carbocycles. The SMILES string of the molecule is CCCCCCCCCn1cc(C2(NC(=O)O)COC(C)(C)OC2)nn1. The second kappa shape index (κ2) is 9.32. The Labute approximate surface area is 155 Å². The van der Waals surface area contributed by atoms with Crippen LogP contribution in [0.4, 0.5) is 4.79 Å². The van der Waals surface area contributed by atoms with E-state index in [-0.39, 0.29) is 13.2 Å². The van der Waals surface area contributed by atoms with Gasteiger partial charge < -0.3 is 19.9 Å². The smallest absolute Gasteiger partial charge is 0.405 e. The number of amides is 1. The molecule has 8 heteroatoms. The number of ether oxygens (including phenoxy) is 2. The highest BCUT2D eigenvalue weighted by Gasteiger charge is 2.44. The predicted octanol–water partition coefficient (Wildman–Crippen LogP) is 3.27. The van der Waals surface area contributed by atoms with Crippen LogP contribution >= 0.6 is 0 Å². The third kappa shape index (κ3) is 5.95. The van der Waals surface area contributed by atoms with Gasteiger partial charge in [0.1, 0.15) is 11.2 Å². The quantitative estimate of drug-likeness (QED) is 0.615. The van der Waals surface area contributed by atoms with E-state index in [0.29, 0.717) is 5.69 Å². The van der Waals surface area contributed by atoms with Gasteiger partial charge in [0.15, 0.2) is 5.79 Å². The van der Waals surface area contributed by atoms with Gasteiger partial charge >= 0.3 is 6.09 Å². The lowest BCUT2D eigenvalue weighted by Gasteiger charge is -2.41. The van der Waals surface area contributed by atoms with Crippen molar-refractivity contribution < 1.29 is 19.4 Å². The van der Waals surface area contributed by atoms with Crippen molar-refractivity contribution in [2.75, 3.05) is 13.2 Å². The van der Waals surface area contributed by atoms with Crippen molar-refractivity contribution in [2.24, 2.45) is 0 Å². The summed E-state index contributed by atoms with van der Waals surface area (Å²) in [7, 11) is 0. The Bertz CT molecular complexity index is 563. The van der Waals surface area contributed by atoms with Crippen LogP contribution in [0, 0.1) is 0 Å². The van der Waals surface area contributed by atoms with E-state index in [4.69, 9.17) is 9.47 Å². The van der Waals surface area contributed by atoms with Gasteiger partial charge in [-0.25, -0.2) is 4.79 Å². The molecule has 2 heterocycles. The summed E-state index contributed by atoms with van der Waals surface area (Å²) in [4.78, 5) is 11.3. The molecule has 26 heavy (non-hydrogen) atoms. The lowest BCUT2D eigenvalue weighted by molar-refractivity contribution is -0.273. The first-order valence-corrected chi connectivity index (χ1v) is 9.56. The van der Waals surface area contributed by atoms with Crippen molar-refractivity contribution >= 4 is 6.09 Å². The lowest BCUT2D eigenvalue weighted by atomic mass is 9.96. The molecule has 0 bridgehead atoms. The van der Waals surface area contributed by atoms with Crippen LogP contribution in [-0.2, 0) is 21.6 Å². The molecule has 2 rings (SSSR count). The molecule has 1 aliphatic rings. The van der Waals surface area contributed by atoms with Gasteiger partial charge in [-0.05, 0) is 20.3 Å². The number of unbranched alkanes of at least 4 members (excludes halogenated alkanes) is 6. The summed E-state index contributed by atoms with van der Waals surface area (Å²) in [5, 5.41) is 20.1. The monoisotopic (exact) mass is 368 g/mol. The topological polar surface area (TPSA) is 98.5 Å². The largest absolute Gasteiger partial charge is 0.465 e. The minimum Gasteiger partial charge on any atom is -0.465 e. The zero-order valence-corrected chi connectivity index (χ0v) is 16.2. The van der Waals surface area contributed by atoms with Crippen LogP contribution in [0.1, 0.15) is 71.4 Å². The van der Waals surface area contributed by atoms with E-state index in [0.717, 1.165) is 19.4 Å². The van der Waals surface area contributed by atoms with Gasteiger partial charge in [-0.3, -0.25) is 4.68 Å². The number of nitrogens with zero attached hydrogens (tertiary/aromatic N) is 3. The maximum atomic E-state index is 11.3. The van der Waals surface area contributed by atoms with E-state index in [2.05, 4.69) is 22.6 Å². The molecule has 1 aliphatic heterocycles. The van der Waals surface area contributed by atoms with E-state index >= 15 is 0 Å². The van der Waals surface area contributed by atoms with Crippen LogP contribution < -0.4 is 5.32 Å². The molecule has 0 aliphatic carbocycles. The molecule has 2 N–H and O–H groups in total. The average molecular weight is 368 g/mol. The fourth-order valence-corrected chi connectivity index (χ4v) is 3.02. The summed E-state index contributed by atoms with van der Waals surface area (Å²) in [6.45, 7) is 6.91. The molecular weight excluding hydrogens is 336 g/mol. The second-order valence-electron chi connectivity index (χ2n) is 7.48. The van der Waals surface area contributed by atoms with E-state index in [1.165, 1.54) is 32.1 Å². The van der Waals surface area contributed by atoms with Crippen molar-refractivity contribution in [3.63, 3.8) is 0 Å². The van der Waals surface area contributed by atoms with E-state index in [1.54, 1.807) is 24.7 Å². The molecule has 0 saturated carbocycles. The van der Waals surface area contributed by atoms with Crippen molar-refractivity contribution in [2.45, 2.75) is 83.6 Å². The number of nitrogens with one attached hydrogen (secondary N) is 1. The fraction of sp³-hybridized carbons (Fsp3) is 0.833. The molecule has 1 saturated heterocycles. The fourth-order valence-electron chi connectivity index (χ4n) is 3.02. The summed E-state index contributed by atoms with van der Waals surface area (Å²) >= 11 is 0. The van der Waals surface area contributed by atoms with Gasteiger partial charge in [0.05, 0.1) is 19.4 Å². The van der Waals surface area contributed by atoms with Crippen LogP contribution in [0.25, 0.3) is 0 Å². The van der Waals surface area contributed by atoms with Crippen molar-refractivity contribution in [3.8, 4) is 0 Å². The van der Waals surface area contributed by atoms with Gasteiger partial charge in [-0.2, -0.15) is 0 Å². The van der Waals surface area contributed by atoms with Crippen molar-refractivity contribution in [1.82, 2.24) is 20.3 Å². The maximum absolute atomic E-state index is 11.3. The zero-order chi connectivity index (χ0) is 19.0. The minimum absolute atomic E-state index is 0.155. The Morgan fingerprint density at radius 2 is 1.81 bits per heavy atom. The first-order chi connectivity index (χ1) is 12.4. The second-order valence-corrected chi connectivity index (χ2v) is 7.48. The number of carboxylic acid groups (broad SMARTS) is 1. The summed E-state index contributed by atoms with van der Waals surface area (Å²) in [5.74, 6) is -0.739. The van der Waals surface area contributed by atoms with E-state index in [9.17, 15) is 9.90 Å². The lowest BCUT2D eigenvalue weighted by Crippen LogP contribution is -2.58. The number of carbonyl (C=O) groups is 1. The highest BCUT2D eigenvalue weighted by atomic mass is 16.7. The van der Waals surface area contributed by atoms with Gasteiger partial charge in [-0.15, -0.1) is 5.10 Å². The van der Waals surface area contributed by atoms with Gasteiger partial charge in [0, 0.05) is 6.54 Å². The Morgan fingerprint density at radius 1 is 1.19 bits per heavy atom. The molecule has 0 unspecified atom stereocenters. The third-order valence-electron chi connectivity index (χ3n) is 4.70. The third-order valence-corrected chi connectivity index (χ3v) is 4.70. The van der Waals surface area contributed by atoms with E-state index in [1.807, 2.05) is 0 Å². The first-order valence-electron chi connectivity index (χ1n) is 9.56. The Kier molecular flexibility index (Phi) is 7.40. The Balaban J connectivity index is 1.89. The average Bonchev–Trinajstić information content (AvgIpc) is 3.05. The maximum Gasteiger partial charge on any atom is 0.405 e. The van der Waals surface area contributed by atoms with Crippen LogP contribution in [0.15, 0.2) is 6.20 Å². The molecule has 0 spiro atoms. The Morgan fingerprint density at radius 3 is 2.42 bits per heavy atom. The Hall–Kier alpha value is -1.67. The highest BCUT2D eigenvalue weighted by Crippen LogP contribution is 2.30.